The van der Waals surface area contributed by atoms with Gasteiger partial charge in [-0.05, 0) is 39.8 Å². The number of nitrogens with zero attached hydrogens (tertiary/aromatic N) is 5. The Hall–Kier alpha value is -2.42. The van der Waals surface area contributed by atoms with E-state index in [2.05, 4.69) is 33.7 Å². The van der Waals surface area contributed by atoms with Gasteiger partial charge in [0.2, 0.25) is 5.95 Å². The van der Waals surface area contributed by atoms with Crippen LogP contribution in [-0.2, 0) is 9.59 Å². The van der Waals surface area contributed by atoms with E-state index in [1.807, 2.05) is 20.3 Å². The average Bonchev–Trinajstić information content (AvgIpc) is 2.88. The molecule has 0 saturated carbocycles. The molecule has 2 fully saturated rings. The zero-order valence-corrected chi connectivity index (χ0v) is 15.9. The summed E-state index contributed by atoms with van der Waals surface area (Å²) in [7, 11) is 6.31. The van der Waals surface area contributed by atoms with Crippen molar-refractivity contribution in [3.8, 4) is 0 Å². The summed E-state index contributed by atoms with van der Waals surface area (Å²) in [5.41, 5.74) is 1.14. The Morgan fingerprint density at radius 1 is 1.15 bits per heavy atom. The summed E-state index contributed by atoms with van der Waals surface area (Å²) < 4.78 is 0. The third-order valence-corrected chi connectivity index (χ3v) is 4.57. The molecule has 9 heteroatoms. The third-order valence-electron chi connectivity index (χ3n) is 4.57. The van der Waals surface area contributed by atoms with Gasteiger partial charge >= 0.3 is 0 Å². The second kappa shape index (κ2) is 10.5. The Kier molecular flexibility index (Phi) is 8.77. The Morgan fingerprint density at radius 3 is 2.31 bits per heavy atom. The summed E-state index contributed by atoms with van der Waals surface area (Å²) >= 11 is 0. The Balaban J connectivity index is 0.000000499. The zero-order valence-electron chi connectivity index (χ0n) is 15.9. The average molecular weight is 367 g/mol. The van der Waals surface area contributed by atoms with Gasteiger partial charge in [0, 0.05) is 44.5 Å². The van der Waals surface area contributed by atoms with E-state index in [0.29, 0.717) is 12.1 Å². The molecule has 0 radical (unpaired) electrons. The number of rotatable bonds is 2. The molecule has 2 bridgehead atoms. The van der Waals surface area contributed by atoms with Crippen molar-refractivity contribution in [2.45, 2.75) is 38.3 Å². The Bertz CT molecular complexity index is 578. The van der Waals surface area contributed by atoms with Crippen molar-refractivity contribution >= 4 is 24.7 Å². The predicted molar refractivity (Wildman–Crippen MR) is 99.9 cm³/mol. The molecule has 1 aromatic heterocycles. The van der Waals surface area contributed by atoms with Gasteiger partial charge in [-0.25, -0.2) is 4.98 Å². The van der Waals surface area contributed by atoms with Crippen LogP contribution in [0.3, 0.4) is 0 Å². The van der Waals surface area contributed by atoms with Gasteiger partial charge in [-0.3, -0.25) is 9.59 Å². The fourth-order valence-electron chi connectivity index (χ4n) is 3.57. The van der Waals surface area contributed by atoms with Crippen LogP contribution in [0.5, 0.6) is 0 Å². The zero-order chi connectivity index (χ0) is 19.7. The number of hydrogen-bond acceptors (Lipinski definition) is 7. The molecule has 2 N–H and O–H groups in total. The molecule has 2 saturated heterocycles. The van der Waals surface area contributed by atoms with Gasteiger partial charge in [0.15, 0.2) is 0 Å². The highest BCUT2D eigenvalue weighted by atomic mass is 16.3. The number of aryl methyl sites for hydroxylation is 1. The van der Waals surface area contributed by atoms with E-state index in [1.54, 1.807) is 0 Å². The molecular formula is C17H29N5O4. The molecule has 0 amide bonds. The summed E-state index contributed by atoms with van der Waals surface area (Å²) in [6, 6.07) is 1.19. The minimum absolute atomic E-state index is 0.250. The number of aromatic nitrogens is 2. The van der Waals surface area contributed by atoms with Gasteiger partial charge in [0.25, 0.3) is 12.9 Å². The number of fused-ring (bicyclic) bond motifs is 2. The molecule has 9 nitrogen and oxygen atoms in total. The molecule has 3 rings (SSSR count). The van der Waals surface area contributed by atoms with E-state index in [9.17, 15) is 0 Å². The van der Waals surface area contributed by atoms with Gasteiger partial charge in [-0.2, -0.15) is 4.98 Å². The smallest absolute Gasteiger partial charge is 0.290 e. The maximum Gasteiger partial charge on any atom is 0.290 e. The van der Waals surface area contributed by atoms with Gasteiger partial charge in [-0.15, -0.1) is 0 Å². The van der Waals surface area contributed by atoms with E-state index >= 15 is 0 Å². The van der Waals surface area contributed by atoms with Gasteiger partial charge in [0.05, 0.1) is 0 Å². The molecule has 1 aromatic rings. The highest BCUT2D eigenvalue weighted by Crippen LogP contribution is 2.33. The lowest BCUT2D eigenvalue weighted by Gasteiger charge is -2.29. The minimum atomic E-state index is -0.250. The van der Waals surface area contributed by atoms with Crippen LogP contribution in [0, 0.1) is 6.92 Å². The van der Waals surface area contributed by atoms with E-state index in [0.717, 1.165) is 23.9 Å². The van der Waals surface area contributed by atoms with Crippen molar-refractivity contribution in [2.75, 3.05) is 44.0 Å². The van der Waals surface area contributed by atoms with Crippen LogP contribution in [-0.4, -0.2) is 84.3 Å². The maximum absolute atomic E-state index is 8.36. The SMILES string of the molecule is Cc1cnc(N2[C@@H]3CC[C@H]2CN(C)CC3)nc1N(C)C.O=CO.O=CO. The second-order valence-electron chi connectivity index (χ2n) is 6.63. The Morgan fingerprint density at radius 2 is 1.73 bits per heavy atom. The maximum atomic E-state index is 8.36. The predicted octanol–water partition coefficient (Wildman–Crippen LogP) is 0.926. The van der Waals surface area contributed by atoms with Crippen molar-refractivity contribution < 1.29 is 19.8 Å². The number of likely N-dealkylation sites (N-methyl/N-ethyl adjacent to an activating group) is 1. The summed E-state index contributed by atoms with van der Waals surface area (Å²) in [5.74, 6) is 1.95. The fourth-order valence-corrected chi connectivity index (χ4v) is 3.57. The van der Waals surface area contributed by atoms with Gasteiger partial charge < -0.3 is 24.9 Å². The molecule has 0 aromatic carbocycles. The minimum Gasteiger partial charge on any atom is -0.483 e. The van der Waals surface area contributed by atoms with Crippen molar-refractivity contribution in [1.29, 1.82) is 0 Å². The largest absolute Gasteiger partial charge is 0.483 e. The molecule has 26 heavy (non-hydrogen) atoms. The standard InChI is InChI=1S/C15H25N5.2CH2O2/c1-11-9-16-15(17-14(11)18(2)3)20-12-5-6-13(20)10-19(4)8-7-12;2*2-1-3/h9,12-13H,5-8,10H2,1-4H3;2*1H,(H,2,3)/t12-,13+;;/m1../s1. The molecule has 146 valence electrons. The summed E-state index contributed by atoms with van der Waals surface area (Å²) in [6.45, 7) is 3.89. The first kappa shape index (κ1) is 21.6. The fraction of sp³-hybridized carbons (Fsp3) is 0.647. The van der Waals surface area contributed by atoms with Crippen LogP contribution < -0.4 is 9.80 Å². The molecule has 2 aliphatic rings. The molecular weight excluding hydrogens is 338 g/mol. The lowest BCUT2D eigenvalue weighted by atomic mass is 10.1. The number of hydrogen-bond donors (Lipinski definition) is 2. The monoisotopic (exact) mass is 367 g/mol. The van der Waals surface area contributed by atoms with Crippen LogP contribution in [0.25, 0.3) is 0 Å². The first-order valence-corrected chi connectivity index (χ1v) is 8.53. The molecule has 2 atom stereocenters. The molecule has 2 aliphatic heterocycles. The molecule has 3 heterocycles. The van der Waals surface area contributed by atoms with Crippen LogP contribution in [0.4, 0.5) is 11.8 Å². The first-order chi connectivity index (χ1) is 12.4. The van der Waals surface area contributed by atoms with Crippen molar-refractivity contribution in [3.05, 3.63) is 11.8 Å². The lowest BCUT2D eigenvalue weighted by molar-refractivity contribution is -0.123. The quantitative estimate of drug-likeness (QED) is 0.737. The van der Waals surface area contributed by atoms with Crippen LogP contribution >= 0.6 is 0 Å². The summed E-state index contributed by atoms with van der Waals surface area (Å²) in [6.07, 6.45) is 5.74. The van der Waals surface area contributed by atoms with E-state index < -0.39 is 0 Å². The first-order valence-electron chi connectivity index (χ1n) is 8.53. The lowest BCUT2D eigenvalue weighted by Crippen LogP contribution is -2.39. The highest BCUT2D eigenvalue weighted by molar-refractivity contribution is 5.50. The highest BCUT2D eigenvalue weighted by Gasteiger charge is 2.38. The van der Waals surface area contributed by atoms with Crippen molar-refractivity contribution in [3.63, 3.8) is 0 Å². The molecule has 0 aliphatic carbocycles. The summed E-state index contributed by atoms with van der Waals surface area (Å²) in [4.78, 5) is 33.2. The van der Waals surface area contributed by atoms with Crippen molar-refractivity contribution in [1.82, 2.24) is 14.9 Å². The topological polar surface area (TPSA) is 110 Å². The third kappa shape index (κ3) is 5.55. The van der Waals surface area contributed by atoms with Crippen LogP contribution in [0.2, 0.25) is 0 Å². The van der Waals surface area contributed by atoms with Crippen LogP contribution in [0.15, 0.2) is 6.20 Å². The van der Waals surface area contributed by atoms with Gasteiger partial charge in [0.1, 0.15) is 5.82 Å². The molecule has 0 unspecified atom stereocenters. The van der Waals surface area contributed by atoms with Crippen LogP contribution in [0.1, 0.15) is 24.8 Å². The number of carbonyl (C=O) groups is 2. The van der Waals surface area contributed by atoms with E-state index in [4.69, 9.17) is 24.8 Å². The number of carboxylic acid groups (broad SMARTS) is 2. The number of likely N-dealkylation sites (tertiary alicyclic amines) is 1. The van der Waals surface area contributed by atoms with Crippen molar-refractivity contribution in [2.24, 2.45) is 0 Å². The summed E-state index contributed by atoms with van der Waals surface area (Å²) in [5, 5.41) is 13.8. The number of anilines is 2. The second-order valence-corrected chi connectivity index (χ2v) is 6.63. The van der Waals surface area contributed by atoms with Gasteiger partial charge in [-0.1, -0.05) is 0 Å². The molecule has 0 spiro atoms. The normalized spacial score (nSPS) is 21.5. The van der Waals surface area contributed by atoms with E-state index in [-0.39, 0.29) is 12.9 Å². The van der Waals surface area contributed by atoms with E-state index in [1.165, 1.54) is 25.8 Å². The Labute approximate surface area is 154 Å².